The fraction of sp³-hybridized carbons (Fsp3) is 0.286. The molecule has 1 nitrogen and oxygen atoms in total. The Hall–Kier alpha value is -0.640. The summed E-state index contributed by atoms with van der Waals surface area (Å²) in [5, 5.41) is 5.53. The highest BCUT2D eigenvalue weighted by Crippen LogP contribution is 2.31. The zero-order valence-corrected chi connectivity index (χ0v) is 12.7. The summed E-state index contributed by atoms with van der Waals surface area (Å²) < 4.78 is 1.18. The number of nitrogens with one attached hydrogen (secondary N) is 1. The van der Waals surface area contributed by atoms with Gasteiger partial charge in [0.25, 0.3) is 0 Å². The fourth-order valence-electron chi connectivity index (χ4n) is 2.02. The lowest BCUT2D eigenvalue weighted by atomic mass is 9.98. The maximum atomic E-state index is 3.58. The summed E-state index contributed by atoms with van der Waals surface area (Å²) in [5.74, 6) is 0. The average Bonchev–Trinajstić information content (AvgIpc) is 2.80. The molecule has 17 heavy (non-hydrogen) atoms. The van der Waals surface area contributed by atoms with Crippen LogP contribution in [0.15, 0.2) is 34.1 Å². The number of halogens is 1. The Balaban J connectivity index is 2.48. The minimum Gasteiger partial charge on any atom is -0.309 e. The molecular weight excluding hydrogens is 294 g/mol. The molecular formula is C14H16BrNS. The van der Waals surface area contributed by atoms with Gasteiger partial charge in [-0.3, -0.25) is 0 Å². The maximum Gasteiger partial charge on any atom is 0.0671 e. The molecule has 0 radical (unpaired) electrons. The Labute approximate surface area is 115 Å². The van der Waals surface area contributed by atoms with E-state index in [0.29, 0.717) is 6.04 Å². The molecule has 1 atom stereocenters. The molecule has 0 aliphatic heterocycles. The van der Waals surface area contributed by atoms with Gasteiger partial charge in [0.2, 0.25) is 0 Å². The minimum absolute atomic E-state index is 0.293. The highest BCUT2D eigenvalue weighted by molar-refractivity contribution is 9.10. The van der Waals surface area contributed by atoms with Crippen LogP contribution in [0.25, 0.3) is 0 Å². The van der Waals surface area contributed by atoms with Gasteiger partial charge in [0.15, 0.2) is 0 Å². The number of aryl methyl sites for hydroxylation is 2. The van der Waals surface area contributed by atoms with Crippen LogP contribution in [-0.2, 0) is 0 Å². The van der Waals surface area contributed by atoms with Crippen LogP contribution in [0, 0.1) is 13.8 Å². The molecule has 1 aromatic carbocycles. The Morgan fingerprint density at radius 1 is 1.24 bits per heavy atom. The van der Waals surface area contributed by atoms with Gasteiger partial charge >= 0.3 is 0 Å². The van der Waals surface area contributed by atoms with Gasteiger partial charge in [-0.15, -0.1) is 11.3 Å². The molecule has 1 heterocycles. The van der Waals surface area contributed by atoms with Gasteiger partial charge in [0, 0.05) is 9.35 Å². The summed E-state index contributed by atoms with van der Waals surface area (Å²) in [6.45, 7) is 4.30. The third kappa shape index (κ3) is 2.62. The molecule has 1 N–H and O–H groups in total. The zero-order valence-electron chi connectivity index (χ0n) is 10.3. The van der Waals surface area contributed by atoms with Crippen LogP contribution in [0.4, 0.5) is 0 Å². The molecule has 1 unspecified atom stereocenters. The van der Waals surface area contributed by atoms with E-state index in [2.05, 4.69) is 64.7 Å². The van der Waals surface area contributed by atoms with Gasteiger partial charge in [-0.2, -0.15) is 0 Å². The number of hydrogen-bond donors (Lipinski definition) is 1. The molecule has 2 aromatic rings. The molecule has 0 fully saturated rings. The first kappa shape index (κ1) is 12.8. The molecule has 0 saturated carbocycles. The molecule has 2 rings (SSSR count). The van der Waals surface area contributed by atoms with Crippen LogP contribution in [0.3, 0.4) is 0 Å². The predicted molar refractivity (Wildman–Crippen MR) is 78.8 cm³/mol. The molecule has 3 heteroatoms. The van der Waals surface area contributed by atoms with Crippen LogP contribution < -0.4 is 5.32 Å². The molecule has 1 aromatic heterocycles. The molecule has 0 amide bonds. The molecule has 0 aliphatic rings. The first-order valence-corrected chi connectivity index (χ1v) is 7.28. The second-order valence-electron chi connectivity index (χ2n) is 4.20. The Morgan fingerprint density at radius 3 is 2.59 bits per heavy atom. The Morgan fingerprint density at radius 2 is 2.00 bits per heavy atom. The van der Waals surface area contributed by atoms with E-state index in [1.807, 2.05) is 7.05 Å². The fourth-order valence-corrected chi connectivity index (χ4v) is 3.33. The minimum atomic E-state index is 0.293. The summed E-state index contributed by atoms with van der Waals surface area (Å²) in [6.07, 6.45) is 0. The SMILES string of the molecule is CNC(c1cccs1)c1cc(C)c(Br)cc1C. The highest BCUT2D eigenvalue weighted by Gasteiger charge is 2.16. The van der Waals surface area contributed by atoms with Crippen molar-refractivity contribution < 1.29 is 0 Å². The van der Waals surface area contributed by atoms with Gasteiger partial charge in [0.1, 0.15) is 0 Å². The summed E-state index contributed by atoms with van der Waals surface area (Å²) in [6, 6.07) is 9.04. The van der Waals surface area contributed by atoms with Gasteiger partial charge in [-0.05, 0) is 55.1 Å². The molecule has 0 saturated heterocycles. The van der Waals surface area contributed by atoms with Crippen molar-refractivity contribution in [2.45, 2.75) is 19.9 Å². The predicted octanol–water partition coefficient (Wildman–Crippen LogP) is 4.44. The third-order valence-electron chi connectivity index (χ3n) is 2.97. The van der Waals surface area contributed by atoms with Gasteiger partial charge in [-0.25, -0.2) is 0 Å². The van der Waals surface area contributed by atoms with E-state index in [1.54, 1.807) is 11.3 Å². The van der Waals surface area contributed by atoms with Crippen LogP contribution in [0.2, 0.25) is 0 Å². The lowest BCUT2D eigenvalue weighted by Gasteiger charge is -2.19. The quantitative estimate of drug-likeness (QED) is 0.884. The Bertz CT molecular complexity index is 505. The van der Waals surface area contributed by atoms with E-state index < -0.39 is 0 Å². The lowest BCUT2D eigenvalue weighted by molar-refractivity contribution is 0.698. The monoisotopic (exact) mass is 309 g/mol. The van der Waals surface area contributed by atoms with Crippen molar-refractivity contribution in [3.8, 4) is 0 Å². The van der Waals surface area contributed by atoms with Crippen molar-refractivity contribution in [1.82, 2.24) is 5.32 Å². The Kier molecular flexibility index (Phi) is 4.02. The van der Waals surface area contributed by atoms with Crippen molar-refractivity contribution >= 4 is 27.3 Å². The summed E-state index contributed by atoms with van der Waals surface area (Å²) in [7, 11) is 2.02. The van der Waals surface area contributed by atoms with Crippen molar-refractivity contribution in [2.75, 3.05) is 7.05 Å². The number of benzene rings is 1. The van der Waals surface area contributed by atoms with Gasteiger partial charge in [0.05, 0.1) is 6.04 Å². The van der Waals surface area contributed by atoms with Crippen molar-refractivity contribution in [3.05, 3.63) is 55.7 Å². The van der Waals surface area contributed by atoms with Crippen molar-refractivity contribution in [1.29, 1.82) is 0 Å². The number of hydrogen-bond acceptors (Lipinski definition) is 2. The molecule has 0 spiro atoms. The number of rotatable bonds is 3. The van der Waals surface area contributed by atoms with Crippen LogP contribution in [-0.4, -0.2) is 7.05 Å². The molecule has 0 aliphatic carbocycles. The maximum absolute atomic E-state index is 3.58. The standard InChI is InChI=1S/C14H16BrNS/c1-9-8-12(15)10(2)7-11(9)14(16-3)13-5-4-6-17-13/h4-8,14,16H,1-3H3. The third-order valence-corrected chi connectivity index (χ3v) is 4.77. The van der Waals surface area contributed by atoms with E-state index >= 15 is 0 Å². The summed E-state index contributed by atoms with van der Waals surface area (Å²) >= 11 is 5.38. The highest BCUT2D eigenvalue weighted by atomic mass is 79.9. The molecule has 0 bridgehead atoms. The topological polar surface area (TPSA) is 12.0 Å². The lowest BCUT2D eigenvalue weighted by Crippen LogP contribution is -2.17. The van der Waals surface area contributed by atoms with Crippen LogP contribution in [0.5, 0.6) is 0 Å². The first-order chi connectivity index (χ1) is 8.13. The van der Waals surface area contributed by atoms with Crippen LogP contribution in [0.1, 0.15) is 27.6 Å². The first-order valence-electron chi connectivity index (χ1n) is 5.60. The van der Waals surface area contributed by atoms with E-state index in [0.717, 1.165) is 0 Å². The second-order valence-corrected chi connectivity index (χ2v) is 6.03. The van der Waals surface area contributed by atoms with Crippen molar-refractivity contribution in [3.63, 3.8) is 0 Å². The van der Waals surface area contributed by atoms with Gasteiger partial charge in [-0.1, -0.05) is 28.1 Å². The zero-order chi connectivity index (χ0) is 12.4. The summed E-state index contributed by atoms with van der Waals surface area (Å²) in [4.78, 5) is 1.36. The second kappa shape index (κ2) is 5.34. The van der Waals surface area contributed by atoms with E-state index in [9.17, 15) is 0 Å². The van der Waals surface area contributed by atoms with E-state index in [-0.39, 0.29) is 0 Å². The molecule has 90 valence electrons. The average molecular weight is 310 g/mol. The van der Waals surface area contributed by atoms with E-state index in [1.165, 1.54) is 26.0 Å². The largest absolute Gasteiger partial charge is 0.309 e. The van der Waals surface area contributed by atoms with E-state index in [4.69, 9.17) is 0 Å². The van der Waals surface area contributed by atoms with Crippen LogP contribution >= 0.6 is 27.3 Å². The smallest absolute Gasteiger partial charge is 0.0671 e. The van der Waals surface area contributed by atoms with Crippen molar-refractivity contribution in [2.24, 2.45) is 0 Å². The summed E-state index contributed by atoms with van der Waals surface area (Å²) in [5.41, 5.74) is 3.95. The van der Waals surface area contributed by atoms with Gasteiger partial charge < -0.3 is 5.32 Å². The number of thiophene rings is 1. The normalized spacial score (nSPS) is 12.7.